The van der Waals surface area contributed by atoms with Crippen molar-refractivity contribution in [3.8, 4) is 11.6 Å². The number of benzene rings is 1. The molecule has 1 aliphatic heterocycles. The van der Waals surface area contributed by atoms with Crippen molar-refractivity contribution in [3.05, 3.63) is 42.6 Å². The van der Waals surface area contributed by atoms with Gasteiger partial charge in [-0.25, -0.2) is 4.79 Å². The Kier molecular flexibility index (Phi) is 6.24. The SMILES string of the molecule is CCCCOc1ccc(NC(=O)N2CCC(Oc3cccnn3)C2)cc1. The molecule has 1 aromatic carbocycles. The zero-order chi connectivity index (χ0) is 18.2. The van der Waals surface area contributed by atoms with E-state index in [1.165, 1.54) is 0 Å². The van der Waals surface area contributed by atoms with Crippen LogP contribution in [0.15, 0.2) is 42.6 Å². The van der Waals surface area contributed by atoms with Crippen LogP contribution in [0.4, 0.5) is 10.5 Å². The number of nitrogens with zero attached hydrogens (tertiary/aromatic N) is 3. The van der Waals surface area contributed by atoms with E-state index in [4.69, 9.17) is 9.47 Å². The number of anilines is 1. The molecular weight excluding hydrogens is 332 g/mol. The molecule has 0 spiro atoms. The van der Waals surface area contributed by atoms with Crippen LogP contribution >= 0.6 is 0 Å². The Morgan fingerprint density at radius 1 is 1.31 bits per heavy atom. The molecule has 2 heterocycles. The summed E-state index contributed by atoms with van der Waals surface area (Å²) in [6, 6.07) is 10.8. The topological polar surface area (TPSA) is 76.6 Å². The highest BCUT2D eigenvalue weighted by atomic mass is 16.5. The average molecular weight is 356 g/mol. The summed E-state index contributed by atoms with van der Waals surface area (Å²) in [5.41, 5.74) is 0.746. The van der Waals surface area contributed by atoms with Crippen LogP contribution < -0.4 is 14.8 Å². The lowest BCUT2D eigenvalue weighted by molar-refractivity contribution is 0.188. The first-order valence-electron chi connectivity index (χ1n) is 8.97. The van der Waals surface area contributed by atoms with Gasteiger partial charge in [-0.3, -0.25) is 0 Å². The molecule has 0 radical (unpaired) electrons. The molecule has 1 N–H and O–H groups in total. The molecule has 0 aliphatic carbocycles. The highest BCUT2D eigenvalue weighted by Crippen LogP contribution is 2.19. The van der Waals surface area contributed by atoms with Crippen molar-refractivity contribution in [3.63, 3.8) is 0 Å². The minimum atomic E-state index is -0.130. The van der Waals surface area contributed by atoms with Crippen LogP contribution in [0.25, 0.3) is 0 Å². The molecule has 1 saturated heterocycles. The molecule has 1 fully saturated rings. The van der Waals surface area contributed by atoms with Gasteiger partial charge in [0, 0.05) is 30.9 Å². The first kappa shape index (κ1) is 18.0. The summed E-state index contributed by atoms with van der Waals surface area (Å²) in [5.74, 6) is 1.30. The molecule has 1 unspecified atom stereocenters. The third-order valence-corrected chi connectivity index (χ3v) is 4.14. The Labute approximate surface area is 153 Å². The van der Waals surface area contributed by atoms with Crippen molar-refractivity contribution < 1.29 is 14.3 Å². The van der Waals surface area contributed by atoms with Crippen molar-refractivity contribution in [1.82, 2.24) is 15.1 Å². The number of likely N-dealkylation sites (tertiary alicyclic amines) is 1. The van der Waals surface area contributed by atoms with Gasteiger partial charge in [0.1, 0.15) is 11.9 Å². The molecule has 1 aliphatic rings. The van der Waals surface area contributed by atoms with Crippen LogP contribution in [-0.4, -0.2) is 46.9 Å². The summed E-state index contributed by atoms with van der Waals surface area (Å²) in [4.78, 5) is 14.2. The second-order valence-electron chi connectivity index (χ2n) is 6.19. The van der Waals surface area contributed by atoms with Gasteiger partial charge in [0.25, 0.3) is 0 Å². The number of carbonyl (C=O) groups is 1. The molecule has 7 heteroatoms. The van der Waals surface area contributed by atoms with Crippen molar-refractivity contribution in [2.75, 3.05) is 25.0 Å². The maximum Gasteiger partial charge on any atom is 0.321 e. The highest BCUT2D eigenvalue weighted by Gasteiger charge is 2.28. The summed E-state index contributed by atoms with van der Waals surface area (Å²) in [6.45, 7) is 4.02. The number of hydrogen-bond acceptors (Lipinski definition) is 5. The summed E-state index contributed by atoms with van der Waals surface area (Å²) >= 11 is 0. The Bertz CT molecular complexity index is 694. The van der Waals surface area contributed by atoms with E-state index in [2.05, 4.69) is 22.4 Å². The normalized spacial score (nSPS) is 16.3. The predicted octanol–water partition coefficient (Wildman–Crippen LogP) is 3.34. The average Bonchev–Trinajstić information content (AvgIpc) is 3.13. The van der Waals surface area contributed by atoms with Crippen LogP contribution in [0, 0.1) is 0 Å². The van der Waals surface area contributed by atoms with Gasteiger partial charge < -0.3 is 19.7 Å². The first-order valence-corrected chi connectivity index (χ1v) is 8.97. The van der Waals surface area contributed by atoms with Crippen molar-refractivity contribution >= 4 is 11.7 Å². The fraction of sp³-hybridized carbons (Fsp3) is 0.421. The number of rotatable bonds is 7. The standard InChI is InChI=1S/C19H24N4O3/c1-2-3-13-25-16-8-6-15(7-9-16)21-19(24)23-12-10-17(14-23)26-18-5-4-11-20-22-18/h4-9,11,17H,2-3,10,12-14H2,1H3,(H,21,24). The van der Waals surface area contributed by atoms with E-state index >= 15 is 0 Å². The quantitative estimate of drug-likeness (QED) is 0.770. The zero-order valence-corrected chi connectivity index (χ0v) is 14.9. The van der Waals surface area contributed by atoms with Gasteiger partial charge in [-0.15, -0.1) is 5.10 Å². The Morgan fingerprint density at radius 2 is 2.15 bits per heavy atom. The third kappa shape index (κ3) is 5.08. The lowest BCUT2D eigenvalue weighted by Gasteiger charge is -2.17. The summed E-state index contributed by atoms with van der Waals surface area (Å²) < 4.78 is 11.4. The van der Waals surface area contributed by atoms with E-state index in [0.717, 1.165) is 30.7 Å². The van der Waals surface area contributed by atoms with Crippen molar-refractivity contribution in [1.29, 1.82) is 0 Å². The lowest BCUT2D eigenvalue weighted by Crippen LogP contribution is -2.34. The minimum absolute atomic E-state index is 0.0632. The van der Waals surface area contributed by atoms with Gasteiger partial charge in [-0.1, -0.05) is 13.3 Å². The summed E-state index contributed by atoms with van der Waals surface area (Å²) in [5, 5.41) is 10.6. The molecule has 2 aromatic rings. The van der Waals surface area contributed by atoms with E-state index < -0.39 is 0 Å². The smallest absolute Gasteiger partial charge is 0.321 e. The van der Waals surface area contributed by atoms with Crippen LogP contribution in [-0.2, 0) is 0 Å². The van der Waals surface area contributed by atoms with Crippen molar-refractivity contribution in [2.24, 2.45) is 0 Å². The third-order valence-electron chi connectivity index (χ3n) is 4.14. The maximum absolute atomic E-state index is 12.4. The van der Waals surface area contributed by atoms with Crippen LogP contribution in [0.2, 0.25) is 0 Å². The Hall–Kier alpha value is -2.83. The van der Waals surface area contributed by atoms with Crippen molar-refractivity contribution in [2.45, 2.75) is 32.3 Å². The largest absolute Gasteiger partial charge is 0.494 e. The molecular formula is C19H24N4O3. The van der Waals surface area contributed by atoms with E-state index in [-0.39, 0.29) is 12.1 Å². The number of amides is 2. The highest BCUT2D eigenvalue weighted by molar-refractivity contribution is 5.89. The Morgan fingerprint density at radius 3 is 2.88 bits per heavy atom. The molecule has 1 atom stereocenters. The number of aromatic nitrogens is 2. The molecule has 138 valence electrons. The number of urea groups is 1. The number of hydrogen-bond donors (Lipinski definition) is 1. The van der Waals surface area contributed by atoms with Crippen LogP contribution in [0.1, 0.15) is 26.2 Å². The van der Waals surface area contributed by atoms with Gasteiger partial charge >= 0.3 is 6.03 Å². The first-order chi connectivity index (χ1) is 12.7. The second-order valence-corrected chi connectivity index (χ2v) is 6.19. The second kappa shape index (κ2) is 9.03. The van der Waals surface area contributed by atoms with Gasteiger partial charge in [0.15, 0.2) is 0 Å². The van der Waals surface area contributed by atoms with Gasteiger partial charge in [0.2, 0.25) is 5.88 Å². The fourth-order valence-corrected chi connectivity index (χ4v) is 2.70. The maximum atomic E-state index is 12.4. The fourth-order valence-electron chi connectivity index (χ4n) is 2.70. The number of unbranched alkanes of at least 4 members (excludes halogenated alkanes) is 1. The molecule has 3 rings (SSSR count). The number of nitrogens with one attached hydrogen (secondary N) is 1. The lowest BCUT2D eigenvalue weighted by atomic mass is 10.3. The molecule has 1 aromatic heterocycles. The molecule has 0 bridgehead atoms. The van der Waals surface area contributed by atoms with E-state index in [0.29, 0.717) is 25.6 Å². The van der Waals surface area contributed by atoms with Crippen LogP contribution in [0.3, 0.4) is 0 Å². The van der Waals surface area contributed by atoms with E-state index in [1.807, 2.05) is 24.3 Å². The zero-order valence-electron chi connectivity index (χ0n) is 14.9. The van der Waals surface area contributed by atoms with Gasteiger partial charge in [0.05, 0.1) is 13.2 Å². The summed E-state index contributed by atoms with van der Waals surface area (Å²) in [7, 11) is 0. The molecule has 2 amide bonds. The van der Waals surface area contributed by atoms with Gasteiger partial charge in [-0.2, -0.15) is 5.10 Å². The molecule has 0 saturated carbocycles. The van der Waals surface area contributed by atoms with Crippen LogP contribution in [0.5, 0.6) is 11.6 Å². The monoisotopic (exact) mass is 356 g/mol. The number of carbonyl (C=O) groups excluding carboxylic acids is 1. The summed E-state index contributed by atoms with van der Waals surface area (Å²) in [6.07, 6.45) is 4.44. The van der Waals surface area contributed by atoms with Gasteiger partial charge in [-0.05, 0) is 36.8 Å². The predicted molar refractivity (Wildman–Crippen MR) is 98.5 cm³/mol. The molecule has 7 nitrogen and oxygen atoms in total. The van der Waals surface area contributed by atoms with E-state index in [1.54, 1.807) is 23.2 Å². The minimum Gasteiger partial charge on any atom is -0.494 e. The molecule has 26 heavy (non-hydrogen) atoms. The Balaban J connectivity index is 1.46. The number of ether oxygens (including phenoxy) is 2. The van der Waals surface area contributed by atoms with E-state index in [9.17, 15) is 4.79 Å².